The molecule has 0 aromatic heterocycles. The molecule has 0 aromatic rings. The lowest BCUT2D eigenvalue weighted by Gasteiger charge is -2.28. The number of rotatable bonds is 48. The predicted molar refractivity (Wildman–Crippen MR) is 259 cm³/mol. The Bertz CT molecular complexity index is 1110. The molecule has 0 N–H and O–H groups in total. The molecule has 0 heterocycles. The Balaban J connectivity index is 4.22. The van der Waals surface area contributed by atoms with Gasteiger partial charge in [0, 0.05) is 12.8 Å². The average Bonchev–Trinajstić information content (AvgIpc) is 3.23. The summed E-state index contributed by atoms with van der Waals surface area (Å²) in [4.78, 5) is 37.7. The van der Waals surface area contributed by atoms with Crippen LogP contribution in [-0.2, 0) is 32.7 Å². The van der Waals surface area contributed by atoms with Crippen LogP contribution in [0.4, 0.5) is 0 Å². The maximum atomic E-state index is 12.7. The van der Waals surface area contributed by atoms with Crippen LogP contribution in [-0.4, -0.2) is 70.0 Å². The summed E-state index contributed by atoms with van der Waals surface area (Å²) in [7, 11) is 1.17. The minimum atomic E-state index is -4.63. The monoisotopic (exact) mass is 898 g/mol. The van der Waals surface area contributed by atoms with Crippen LogP contribution < -0.4 is 4.89 Å². The van der Waals surface area contributed by atoms with Crippen molar-refractivity contribution in [3.63, 3.8) is 0 Å². The molecule has 0 radical (unpaired) electrons. The molecule has 62 heavy (non-hydrogen) atoms. The molecule has 10 heteroatoms. The number of carbonyl (C=O) groups excluding carboxylic acids is 2. The van der Waals surface area contributed by atoms with E-state index in [0.29, 0.717) is 17.4 Å². The third-order valence-corrected chi connectivity index (χ3v) is 12.4. The number of allylic oxidation sites excluding steroid dienone is 4. The van der Waals surface area contributed by atoms with Crippen LogP contribution in [0.15, 0.2) is 24.3 Å². The van der Waals surface area contributed by atoms with Gasteiger partial charge in [-0.25, -0.2) is 0 Å². The Hall–Kier alpha value is -1.51. The van der Waals surface area contributed by atoms with Gasteiger partial charge in [-0.2, -0.15) is 0 Å². The highest BCUT2D eigenvalue weighted by Gasteiger charge is 2.21. The molecule has 0 spiro atoms. The molecule has 1 unspecified atom stereocenters. The Labute approximate surface area is 383 Å². The zero-order valence-corrected chi connectivity index (χ0v) is 42.2. The minimum absolute atomic E-state index is 0.0294. The van der Waals surface area contributed by atoms with Gasteiger partial charge in [-0.05, 0) is 44.9 Å². The summed E-state index contributed by atoms with van der Waals surface area (Å²) in [5.41, 5.74) is 0. The molecular formula is C52H100NO8P. The number of quaternary nitrogens is 1. The molecule has 0 bridgehead atoms. The SMILES string of the molecule is CCCCC/C=C/C/C=C/CCCCCCCCCCCC(=O)O[C@H](COC(=O)CCCCCCCCCCCCCCCCCCCCC)COP(=O)([O-])OCC[N+](C)(C)C. The van der Waals surface area contributed by atoms with E-state index in [9.17, 15) is 19.0 Å². The molecule has 0 saturated heterocycles. The van der Waals surface area contributed by atoms with Crippen molar-refractivity contribution < 1.29 is 42.1 Å². The first-order valence-corrected chi connectivity index (χ1v) is 27.5. The van der Waals surface area contributed by atoms with Gasteiger partial charge >= 0.3 is 11.9 Å². The van der Waals surface area contributed by atoms with Gasteiger partial charge in [0.05, 0.1) is 27.7 Å². The van der Waals surface area contributed by atoms with E-state index < -0.39 is 26.5 Å². The quantitative estimate of drug-likeness (QED) is 0.0195. The first kappa shape index (κ1) is 60.5. The first-order valence-electron chi connectivity index (χ1n) is 26.0. The fraction of sp³-hybridized carbons (Fsp3) is 0.885. The zero-order valence-electron chi connectivity index (χ0n) is 41.3. The summed E-state index contributed by atoms with van der Waals surface area (Å²) >= 11 is 0. The molecule has 9 nitrogen and oxygen atoms in total. The van der Waals surface area contributed by atoms with E-state index in [-0.39, 0.29) is 32.0 Å². The fourth-order valence-corrected chi connectivity index (χ4v) is 8.12. The van der Waals surface area contributed by atoms with Crippen molar-refractivity contribution in [1.29, 1.82) is 0 Å². The predicted octanol–water partition coefficient (Wildman–Crippen LogP) is 14.8. The van der Waals surface area contributed by atoms with Crippen LogP contribution in [0.25, 0.3) is 0 Å². The summed E-state index contributed by atoms with van der Waals surface area (Å²) in [6, 6.07) is 0. The van der Waals surface area contributed by atoms with Crippen LogP contribution in [0.5, 0.6) is 0 Å². The molecule has 0 aromatic carbocycles. The highest BCUT2D eigenvalue weighted by Crippen LogP contribution is 2.38. The smallest absolute Gasteiger partial charge is 0.306 e. The number of nitrogens with zero attached hydrogens (tertiary/aromatic N) is 1. The highest BCUT2D eigenvalue weighted by atomic mass is 31.2. The van der Waals surface area contributed by atoms with E-state index in [1.807, 2.05) is 21.1 Å². The van der Waals surface area contributed by atoms with E-state index in [0.717, 1.165) is 51.4 Å². The number of carbonyl (C=O) groups is 2. The van der Waals surface area contributed by atoms with E-state index >= 15 is 0 Å². The molecule has 366 valence electrons. The number of hydrogen-bond acceptors (Lipinski definition) is 8. The van der Waals surface area contributed by atoms with Crippen LogP contribution in [0.2, 0.25) is 0 Å². The summed E-state index contributed by atoms with van der Waals surface area (Å²) < 4.78 is 34.1. The Morgan fingerprint density at radius 1 is 0.500 bits per heavy atom. The van der Waals surface area contributed by atoms with Crippen LogP contribution in [0, 0.1) is 0 Å². The van der Waals surface area contributed by atoms with Crippen molar-refractivity contribution in [3.05, 3.63) is 24.3 Å². The zero-order chi connectivity index (χ0) is 45.7. The maximum absolute atomic E-state index is 12.7. The second-order valence-corrected chi connectivity index (χ2v) is 20.3. The standard InChI is InChI=1S/C52H100NO8P/c1-6-8-10-12-14-16-18-20-22-24-26-28-30-32-34-36-38-40-42-44-51(54)58-48-50(49-60-62(56,57)59-47-46-53(3,4)5)61-52(55)45-43-41-39-37-35-33-31-29-27-25-23-21-19-17-15-13-11-9-7-2/h15,17,21,23,50H,6-14,16,18-20,22,24-49H2,1-5H3/b17-15+,23-21+/t50-/m1/s1. The van der Waals surface area contributed by atoms with Crippen molar-refractivity contribution in [2.24, 2.45) is 0 Å². The molecule has 0 fully saturated rings. The Kier molecular flexibility index (Phi) is 43.6. The van der Waals surface area contributed by atoms with Gasteiger partial charge in [0.1, 0.15) is 19.8 Å². The molecule has 0 aliphatic carbocycles. The first-order chi connectivity index (χ1) is 30.0. The fourth-order valence-electron chi connectivity index (χ4n) is 7.39. The van der Waals surface area contributed by atoms with E-state index in [1.165, 1.54) is 161 Å². The summed E-state index contributed by atoms with van der Waals surface area (Å²) in [6.07, 6.45) is 50.6. The number of phosphoric acid groups is 1. The van der Waals surface area contributed by atoms with Crippen LogP contribution in [0.1, 0.15) is 245 Å². The number of likely N-dealkylation sites (N-methyl/N-ethyl adjacent to an activating group) is 1. The third-order valence-electron chi connectivity index (χ3n) is 11.5. The van der Waals surface area contributed by atoms with Crippen molar-refractivity contribution in [1.82, 2.24) is 0 Å². The number of unbranched alkanes of at least 4 members (excludes halogenated alkanes) is 30. The van der Waals surface area contributed by atoms with Crippen LogP contribution >= 0.6 is 7.82 Å². The van der Waals surface area contributed by atoms with E-state index in [1.54, 1.807) is 0 Å². The maximum Gasteiger partial charge on any atom is 0.306 e. The lowest BCUT2D eigenvalue weighted by atomic mass is 10.0. The molecule has 2 atom stereocenters. The minimum Gasteiger partial charge on any atom is -0.756 e. The van der Waals surface area contributed by atoms with Gasteiger partial charge in [0.15, 0.2) is 6.10 Å². The molecule has 0 aliphatic rings. The Morgan fingerprint density at radius 3 is 1.31 bits per heavy atom. The third kappa shape index (κ3) is 48.0. The van der Waals surface area contributed by atoms with E-state index in [2.05, 4.69) is 38.2 Å². The summed E-state index contributed by atoms with van der Waals surface area (Å²) in [5, 5.41) is 0. The van der Waals surface area contributed by atoms with E-state index in [4.69, 9.17) is 18.5 Å². The largest absolute Gasteiger partial charge is 0.756 e. The second-order valence-electron chi connectivity index (χ2n) is 18.9. The molecular weight excluding hydrogens is 798 g/mol. The number of esters is 2. The topological polar surface area (TPSA) is 111 Å². The van der Waals surface area contributed by atoms with Crippen molar-refractivity contribution in [2.75, 3.05) is 47.5 Å². The van der Waals surface area contributed by atoms with Gasteiger partial charge in [-0.3, -0.25) is 14.2 Å². The number of ether oxygens (including phenoxy) is 2. The average molecular weight is 898 g/mol. The lowest BCUT2D eigenvalue weighted by Crippen LogP contribution is -2.37. The highest BCUT2D eigenvalue weighted by molar-refractivity contribution is 7.45. The van der Waals surface area contributed by atoms with Gasteiger partial charge in [0.25, 0.3) is 7.82 Å². The van der Waals surface area contributed by atoms with Crippen molar-refractivity contribution in [2.45, 2.75) is 251 Å². The van der Waals surface area contributed by atoms with Crippen molar-refractivity contribution in [3.8, 4) is 0 Å². The van der Waals surface area contributed by atoms with Gasteiger partial charge in [0.2, 0.25) is 0 Å². The lowest BCUT2D eigenvalue weighted by molar-refractivity contribution is -0.870. The molecule has 0 amide bonds. The van der Waals surface area contributed by atoms with Gasteiger partial charge in [-0.15, -0.1) is 0 Å². The summed E-state index contributed by atoms with van der Waals surface area (Å²) in [5.74, 6) is -0.826. The molecule has 0 aliphatic heterocycles. The number of phosphoric ester groups is 1. The number of hydrogen-bond donors (Lipinski definition) is 0. The molecule has 0 saturated carbocycles. The molecule has 0 rings (SSSR count). The van der Waals surface area contributed by atoms with Crippen LogP contribution in [0.3, 0.4) is 0 Å². The normalized spacial score (nSPS) is 13.6. The summed E-state index contributed by atoms with van der Waals surface area (Å²) in [6.45, 7) is 4.24. The Morgan fingerprint density at radius 2 is 0.871 bits per heavy atom. The second kappa shape index (κ2) is 44.7. The van der Waals surface area contributed by atoms with Gasteiger partial charge < -0.3 is 27.9 Å². The van der Waals surface area contributed by atoms with Crippen molar-refractivity contribution >= 4 is 19.8 Å². The van der Waals surface area contributed by atoms with Gasteiger partial charge in [-0.1, -0.05) is 212 Å².